The van der Waals surface area contributed by atoms with Crippen molar-refractivity contribution in [1.82, 2.24) is 0 Å². The van der Waals surface area contributed by atoms with Crippen LogP contribution in [0.3, 0.4) is 0 Å². The molecule has 0 aromatic heterocycles. The van der Waals surface area contributed by atoms with Gasteiger partial charge in [0.15, 0.2) is 0 Å². The maximum absolute atomic E-state index is 6.14. The fraction of sp³-hybridized carbons (Fsp3) is 0.200. The van der Waals surface area contributed by atoms with Gasteiger partial charge >= 0.3 is 0 Å². The summed E-state index contributed by atoms with van der Waals surface area (Å²) < 4.78 is 0. The SMILES string of the molecule is CCc1ccccc1NCc1c(Cl)cccc1Cl. The minimum atomic E-state index is 0.634. The van der Waals surface area contributed by atoms with Crippen LogP contribution in [-0.2, 0) is 13.0 Å². The average molecular weight is 280 g/mol. The van der Waals surface area contributed by atoms with Crippen LogP contribution in [0.15, 0.2) is 42.5 Å². The number of halogens is 2. The summed E-state index contributed by atoms with van der Waals surface area (Å²) in [4.78, 5) is 0. The summed E-state index contributed by atoms with van der Waals surface area (Å²) in [6.07, 6.45) is 0.999. The molecule has 94 valence electrons. The zero-order valence-corrected chi connectivity index (χ0v) is 11.7. The summed E-state index contributed by atoms with van der Waals surface area (Å²) in [7, 11) is 0. The van der Waals surface area contributed by atoms with E-state index >= 15 is 0 Å². The van der Waals surface area contributed by atoms with E-state index in [4.69, 9.17) is 23.2 Å². The van der Waals surface area contributed by atoms with Crippen molar-refractivity contribution in [3.05, 3.63) is 63.6 Å². The second-order valence-corrected chi connectivity index (χ2v) is 4.88. The summed E-state index contributed by atoms with van der Waals surface area (Å²) in [5.41, 5.74) is 3.36. The Bertz CT molecular complexity index is 518. The molecule has 2 aromatic rings. The Labute approximate surface area is 118 Å². The molecule has 0 aliphatic heterocycles. The molecule has 0 aliphatic rings. The third kappa shape index (κ3) is 2.98. The van der Waals surface area contributed by atoms with Crippen molar-refractivity contribution in [2.45, 2.75) is 19.9 Å². The Hall–Kier alpha value is -1.18. The first-order valence-corrected chi connectivity index (χ1v) is 6.72. The monoisotopic (exact) mass is 279 g/mol. The Morgan fingerprint density at radius 3 is 2.28 bits per heavy atom. The van der Waals surface area contributed by atoms with E-state index in [0.717, 1.165) is 17.7 Å². The molecule has 0 fully saturated rings. The summed E-state index contributed by atoms with van der Waals surface area (Å²) in [5, 5.41) is 4.79. The second-order valence-electron chi connectivity index (χ2n) is 4.06. The highest BCUT2D eigenvalue weighted by Gasteiger charge is 2.06. The van der Waals surface area contributed by atoms with Gasteiger partial charge in [0.2, 0.25) is 0 Å². The third-order valence-electron chi connectivity index (χ3n) is 2.92. The average Bonchev–Trinajstić information content (AvgIpc) is 2.38. The second kappa shape index (κ2) is 6.12. The van der Waals surface area contributed by atoms with Crippen LogP contribution in [0.25, 0.3) is 0 Å². The zero-order valence-electron chi connectivity index (χ0n) is 10.2. The molecule has 0 radical (unpaired) electrons. The van der Waals surface area contributed by atoms with Crippen LogP contribution in [0.5, 0.6) is 0 Å². The fourth-order valence-corrected chi connectivity index (χ4v) is 2.42. The lowest BCUT2D eigenvalue weighted by Gasteiger charge is -2.12. The maximum Gasteiger partial charge on any atom is 0.0470 e. The number of nitrogens with one attached hydrogen (secondary N) is 1. The van der Waals surface area contributed by atoms with Gasteiger partial charge in [-0.15, -0.1) is 0 Å². The first kappa shape index (κ1) is 13.3. The van der Waals surface area contributed by atoms with Gasteiger partial charge in [0.1, 0.15) is 0 Å². The van der Waals surface area contributed by atoms with Crippen LogP contribution in [0.1, 0.15) is 18.1 Å². The highest BCUT2D eigenvalue weighted by Crippen LogP contribution is 2.26. The number of rotatable bonds is 4. The van der Waals surface area contributed by atoms with Crippen molar-refractivity contribution in [3.8, 4) is 0 Å². The lowest BCUT2D eigenvalue weighted by Crippen LogP contribution is -2.03. The minimum Gasteiger partial charge on any atom is -0.381 e. The molecular weight excluding hydrogens is 265 g/mol. The molecule has 0 unspecified atom stereocenters. The predicted octanol–water partition coefficient (Wildman–Crippen LogP) is 5.17. The Morgan fingerprint density at radius 1 is 0.944 bits per heavy atom. The Kier molecular flexibility index (Phi) is 4.51. The van der Waals surface area contributed by atoms with E-state index in [-0.39, 0.29) is 0 Å². The number of hydrogen-bond donors (Lipinski definition) is 1. The molecule has 0 aliphatic carbocycles. The molecule has 0 atom stereocenters. The van der Waals surface area contributed by atoms with E-state index < -0.39 is 0 Å². The Morgan fingerprint density at radius 2 is 1.61 bits per heavy atom. The van der Waals surface area contributed by atoms with Crippen molar-refractivity contribution >= 4 is 28.9 Å². The summed E-state index contributed by atoms with van der Waals surface area (Å²) in [5.74, 6) is 0. The van der Waals surface area contributed by atoms with E-state index in [2.05, 4.69) is 24.4 Å². The molecule has 0 spiro atoms. The summed E-state index contributed by atoms with van der Waals surface area (Å²) >= 11 is 12.3. The highest BCUT2D eigenvalue weighted by molar-refractivity contribution is 6.36. The van der Waals surface area contributed by atoms with Gasteiger partial charge < -0.3 is 5.32 Å². The van der Waals surface area contributed by atoms with E-state index in [0.29, 0.717) is 16.6 Å². The van der Waals surface area contributed by atoms with Crippen molar-refractivity contribution in [3.63, 3.8) is 0 Å². The van der Waals surface area contributed by atoms with Crippen LogP contribution < -0.4 is 5.32 Å². The number of para-hydroxylation sites is 1. The summed E-state index contributed by atoms with van der Waals surface area (Å²) in [6, 6.07) is 13.8. The molecule has 0 saturated heterocycles. The molecule has 2 aromatic carbocycles. The molecule has 0 amide bonds. The molecule has 2 rings (SSSR count). The van der Waals surface area contributed by atoms with E-state index in [1.165, 1.54) is 5.56 Å². The topological polar surface area (TPSA) is 12.0 Å². The molecule has 1 N–H and O–H groups in total. The van der Waals surface area contributed by atoms with Gasteiger partial charge in [0.25, 0.3) is 0 Å². The van der Waals surface area contributed by atoms with Gasteiger partial charge in [-0.2, -0.15) is 0 Å². The van der Waals surface area contributed by atoms with Gasteiger partial charge in [-0.1, -0.05) is 54.4 Å². The number of hydrogen-bond acceptors (Lipinski definition) is 1. The van der Waals surface area contributed by atoms with Crippen molar-refractivity contribution in [2.24, 2.45) is 0 Å². The van der Waals surface area contributed by atoms with Gasteiger partial charge in [0, 0.05) is 27.8 Å². The van der Waals surface area contributed by atoms with Crippen molar-refractivity contribution < 1.29 is 0 Å². The molecule has 0 heterocycles. The molecule has 0 bridgehead atoms. The minimum absolute atomic E-state index is 0.634. The van der Waals surface area contributed by atoms with Crippen molar-refractivity contribution in [2.75, 3.05) is 5.32 Å². The van der Waals surface area contributed by atoms with Crippen LogP contribution >= 0.6 is 23.2 Å². The Balaban J connectivity index is 2.16. The van der Waals surface area contributed by atoms with Gasteiger partial charge in [-0.05, 0) is 30.2 Å². The number of aryl methyl sites for hydroxylation is 1. The third-order valence-corrected chi connectivity index (χ3v) is 3.62. The van der Waals surface area contributed by atoms with E-state index in [1.54, 1.807) is 0 Å². The largest absolute Gasteiger partial charge is 0.381 e. The molecule has 3 heteroatoms. The highest BCUT2D eigenvalue weighted by atomic mass is 35.5. The van der Waals surface area contributed by atoms with Crippen LogP contribution in [0.4, 0.5) is 5.69 Å². The lowest BCUT2D eigenvalue weighted by molar-refractivity contribution is 1.09. The quantitative estimate of drug-likeness (QED) is 0.814. The van der Waals surface area contributed by atoms with Gasteiger partial charge in [-0.25, -0.2) is 0 Å². The normalized spacial score (nSPS) is 10.4. The maximum atomic E-state index is 6.14. The van der Waals surface area contributed by atoms with E-state index in [9.17, 15) is 0 Å². The standard InChI is InChI=1S/C15H15Cl2N/c1-2-11-6-3-4-9-15(11)18-10-12-13(16)7-5-8-14(12)17/h3-9,18H,2,10H2,1H3. The predicted molar refractivity (Wildman–Crippen MR) is 79.6 cm³/mol. The van der Waals surface area contributed by atoms with Crippen LogP contribution in [0, 0.1) is 0 Å². The lowest BCUT2D eigenvalue weighted by atomic mass is 10.1. The molecular formula is C15H15Cl2N. The number of benzene rings is 2. The number of anilines is 1. The molecule has 18 heavy (non-hydrogen) atoms. The van der Waals surface area contributed by atoms with Crippen LogP contribution in [-0.4, -0.2) is 0 Å². The summed E-state index contributed by atoms with van der Waals surface area (Å²) in [6.45, 7) is 2.78. The van der Waals surface area contributed by atoms with Crippen LogP contribution in [0.2, 0.25) is 10.0 Å². The molecule has 1 nitrogen and oxygen atoms in total. The van der Waals surface area contributed by atoms with Gasteiger partial charge in [-0.3, -0.25) is 0 Å². The first-order valence-electron chi connectivity index (χ1n) is 5.97. The van der Waals surface area contributed by atoms with Gasteiger partial charge in [0.05, 0.1) is 0 Å². The smallest absolute Gasteiger partial charge is 0.0470 e. The first-order chi connectivity index (χ1) is 8.72. The molecule has 0 saturated carbocycles. The van der Waals surface area contributed by atoms with Crippen molar-refractivity contribution in [1.29, 1.82) is 0 Å². The zero-order chi connectivity index (χ0) is 13.0. The van der Waals surface area contributed by atoms with E-state index in [1.807, 2.05) is 30.3 Å². The fourth-order valence-electron chi connectivity index (χ4n) is 1.89.